The van der Waals surface area contributed by atoms with E-state index < -0.39 is 0 Å². The van der Waals surface area contributed by atoms with Gasteiger partial charge in [0.1, 0.15) is 5.75 Å². The summed E-state index contributed by atoms with van der Waals surface area (Å²) >= 11 is 0. The summed E-state index contributed by atoms with van der Waals surface area (Å²) in [6.45, 7) is 5.65. The lowest BCUT2D eigenvalue weighted by molar-refractivity contribution is 0.0263. The first-order valence-electron chi connectivity index (χ1n) is 10.6. The van der Waals surface area contributed by atoms with Crippen LogP contribution in [0.2, 0.25) is 0 Å². The second kappa shape index (κ2) is 12.5. The zero-order valence-electron chi connectivity index (χ0n) is 17.4. The smallest absolute Gasteiger partial charge is 0.193 e. The van der Waals surface area contributed by atoms with Crippen molar-refractivity contribution in [1.29, 1.82) is 0 Å². The van der Waals surface area contributed by atoms with E-state index in [0.717, 1.165) is 50.8 Å². The van der Waals surface area contributed by atoms with Crippen LogP contribution >= 0.6 is 24.0 Å². The lowest BCUT2D eigenvalue weighted by Crippen LogP contribution is -2.46. The highest BCUT2D eigenvalue weighted by molar-refractivity contribution is 14.0. The lowest BCUT2D eigenvalue weighted by atomic mass is 9.98. The molecule has 0 aromatic heterocycles. The zero-order valence-corrected chi connectivity index (χ0v) is 19.7. The lowest BCUT2D eigenvalue weighted by Gasteiger charge is -2.34. The van der Waals surface area contributed by atoms with Crippen LogP contribution in [0, 0.1) is 0 Å². The van der Waals surface area contributed by atoms with Gasteiger partial charge in [0.15, 0.2) is 5.96 Å². The van der Waals surface area contributed by atoms with Crippen LogP contribution in [0.25, 0.3) is 0 Å². The first-order valence-corrected chi connectivity index (χ1v) is 10.6. The molecule has 1 aromatic carbocycles. The van der Waals surface area contributed by atoms with Crippen LogP contribution in [0.1, 0.15) is 57.4 Å². The first-order chi connectivity index (χ1) is 13.3. The molecule has 2 fully saturated rings. The van der Waals surface area contributed by atoms with Gasteiger partial charge in [-0.15, -0.1) is 24.0 Å². The monoisotopic (exact) mass is 501 g/mol. The molecule has 1 aromatic rings. The Labute approximate surface area is 187 Å². The fourth-order valence-electron chi connectivity index (χ4n) is 4.04. The third kappa shape index (κ3) is 7.10. The van der Waals surface area contributed by atoms with E-state index in [1.807, 2.05) is 7.05 Å². The number of nitrogens with one attached hydrogen (secondary N) is 1. The molecule has 1 N–H and O–H groups in total. The number of piperidine rings is 1. The number of ether oxygens (including phenoxy) is 2. The maximum Gasteiger partial charge on any atom is 0.193 e. The highest BCUT2D eigenvalue weighted by atomic mass is 127. The highest BCUT2D eigenvalue weighted by Crippen LogP contribution is 2.23. The molecular formula is C22H36IN3O2. The molecule has 0 unspecified atom stereocenters. The van der Waals surface area contributed by atoms with Gasteiger partial charge in [-0.25, -0.2) is 0 Å². The molecule has 1 aliphatic heterocycles. The Balaban J connectivity index is 0.00000280. The summed E-state index contributed by atoms with van der Waals surface area (Å²) in [4.78, 5) is 6.79. The minimum atomic E-state index is 0. The van der Waals surface area contributed by atoms with Crippen molar-refractivity contribution in [2.75, 3.05) is 26.7 Å². The van der Waals surface area contributed by atoms with E-state index in [1.54, 1.807) is 0 Å². The second-order valence-electron chi connectivity index (χ2n) is 7.56. The van der Waals surface area contributed by atoms with Crippen LogP contribution in [-0.4, -0.2) is 49.8 Å². The molecular weight excluding hydrogens is 465 g/mol. The first kappa shape index (κ1) is 23.3. The molecule has 1 heterocycles. The van der Waals surface area contributed by atoms with Crippen LogP contribution in [0.15, 0.2) is 29.3 Å². The van der Waals surface area contributed by atoms with Gasteiger partial charge < -0.3 is 19.7 Å². The summed E-state index contributed by atoms with van der Waals surface area (Å²) < 4.78 is 11.9. The third-order valence-electron chi connectivity index (χ3n) is 5.58. The molecule has 5 nitrogen and oxygen atoms in total. The molecule has 2 aliphatic rings. The minimum Gasteiger partial charge on any atom is -0.490 e. The molecule has 0 amide bonds. The number of guanidine groups is 1. The molecule has 0 spiro atoms. The number of nitrogens with zero attached hydrogens (tertiary/aromatic N) is 2. The second-order valence-corrected chi connectivity index (χ2v) is 7.56. The maximum atomic E-state index is 6.12. The van der Waals surface area contributed by atoms with Crippen LogP contribution in [0.5, 0.6) is 5.75 Å². The van der Waals surface area contributed by atoms with Gasteiger partial charge >= 0.3 is 0 Å². The van der Waals surface area contributed by atoms with E-state index in [1.165, 1.54) is 37.7 Å². The molecule has 1 saturated heterocycles. The number of benzene rings is 1. The average molecular weight is 501 g/mol. The molecule has 158 valence electrons. The quantitative estimate of drug-likeness (QED) is 0.352. The molecule has 28 heavy (non-hydrogen) atoms. The van der Waals surface area contributed by atoms with Crippen molar-refractivity contribution in [3.05, 3.63) is 29.8 Å². The number of aliphatic imine (C=N–C) groups is 1. The molecule has 6 heteroatoms. The SMILES string of the molecule is CCOC1CCN(C(=NC)NCc2ccc(OC3CCCCC3)cc2)CC1.I. The Hall–Kier alpha value is -1.02. The van der Waals surface area contributed by atoms with Gasteiger partial charge in [-0.3, -0.25) is 4.99 Å². The molecule has 1 aliphatic carbocycles. The van der Waals surface area contributed by atoms with Crippen molar-refractivity contribution in [3.63, 3.8) is 0 Å². The Kier molecular flexibility index (Phi) is 10.4. The van der Waals surface area contributed by atoms with Gasteiger partial charge in [-0.2, -0.15) is 0 Å². The Bertz CT molecular complexity index is 580. The summed E-state index contributed by atoms with van der Waals surface area (Å²) in [5, 5.41) is 3.50. The van der Waals surface area contributed by atoms with Crippen LogP contribution in [0.4, 0.5) is 0 Å². The standard InChI is InChI=1S/C22H35N3O2.HI/c1-3-26-19-13-15-25(16-14-19)22(23-2)24-17-18-9-11-21(12-10-18)27-20-7-5-4-6-8-20;/h9-12,19-20H,3-8,13-17H2,1-2H3,(H,23,24);1H. The van der Waals surface area contributed by atoms with Crippen molar-refractivity contribution in [1.82, 2.24) is 10.2 Å². The van der Waals surface area contributed by atoms with Crippen molar-refractivity contribution in [3.8, 4) is 5.75 Å². The number of halogens is 1. The summed E-state index contributed by atoms with van der Waals surface area (Å²) in [6, 6.07) is 8.50. The van der Waals surface area contributed by atoms with Crippen LogP contribution in [0.3, 0.4) is 0 Å². The van der Waals surface area contributed by atoms with Crippen molar-refractivity contribution in [2.45, 2.75) is 70.6 Å². The van der Waals surface area contributed by atoms with E-state index in [4.69, 9.17) is 9.47 Å². The fraction of sp³-hybridized carbons (Fsp3) is 0.682. The summed E-state index contributed by atoms with van der Waals surface area (Å²) in [5.41, 5.74) is 1.25. The van der Waals surface area contributed by atoms with E-state index >= 15 is 0 Å². The Morgan fingerprint density at radius 2 is 1.71 bits per heavy atom. The van der Waals surface area contributed by atoms with Crippen molar-refractivity contribution in [2.24, 2.45) is 4.99 Å². The molecule has 0 atom stereocenters. The van der Waals surface area contributed by atoms with Gasteiger partial charge in [-0.1, -0.05) is 18.6 Å². The van der Waals surface area contributed by atoms with Gasteiger partial charge in [0, 0.05) is 33.3 Å². The predicted molar refractivity (Wildman–Crippen MR) is 126 cm³/mol. The number of rotatable bonds is 6. The fourth-order valence-corrected chi connectivity index (χ4v) is 4.04. The van der Waals surface area contributed by atoms with Gasteiger partial charge in [0.05, 0.1) is 12.2 Å². The number of hydrogen-bond acceptors (Lipinski definition) is 3. The highest BCUT2D eigenvalue weighted by Gasteiger charge is 2.21. The molecule has 0 radical (unpaired) electrons. The average Bonchev–Trinajstić information content (AvgIpc) is 2.72. The van der Waals surface area contributed by atoms with E-state index in [-0.39, 0.29) is 24.0 Å². The Morgan fingerprint density at radius 3 is 2.32 bits per heavy atom. The topological polar surface area (TPSA) is 46.1 Å². The van der Waals surface area contributed by atoms with E-state index in [9.17, 15) is 0 Å². The molecule has 0 bridgehead atoms. The third-order valence-corrected chi connectivity index (χ3v) is 5.58. The molecule has 3 rings (SSSR count). The number of likely N-dealkylation sites (tertiary alicyclic amines) is 1. The van der Waals surface area contributed by atoms with Crippen LogP contribution < -0.4 is 10.1 Å². The number of hydrogen-bond donors (Lipinski definition) is 1. The van der Waals surface area contributed by atoms with E-state index in [2.05, 4.69) is 46.4 Å². The summed E-state index contributed by atoms with van der Waals surface area (Å²) in [6.07, 6.45) is 9.29. The van der Waals surface area contributed by atoms with Crippen molar-refractivity contribution >= 4 is 29.9 Å². The summed E-state index contributed by atoms with van der Waals surface area (Å²) in [5.74, 6) is 1.97. The predicted octanol–water partition coefficient (Wildman–Crippen LogP) is 4.59. The molecule has 1 saturated carbocycles. The zero-order chi connectivity index (χ0) is 18.9. The van der Waals surface area contributed by atoms with Gasteiger partial charge in [-0.05, 0) is 63.1 Å². The van der Waals surface area contributed by atoms with Crippen molar-refractivity contribution < 1.29 is 9.47 Å². The minimum absolute atomic E-state index is 0. The largest absolute Gasteiger partial charge is 0.490 e. The normalized spacial score (nSPS) is 19.2. The maximum absolute atomic E-state index is 6.12. The van der Waals surface area contributed by atoms with Gasteiger partial charge in [0.2, 0.25) is 0 Å². The Morgan fingerprint density at radius 1 is 1.04 bits per heavy atom. The van der Waals surface area contributed by atoms with Gasteiger partial charge in [0.25, 0.3) is 0 Å². The van der Waals surface area contributed by atoms with Crippen LogP contribution in [-0.2, 0) is 11.3 Å². The summed E-state index contributed by atoms with van der Waals surface area (Å²) in [7, 11) is 1.86. The van der Waals surface area contributed by atoms with E-state index in [0.29, 0.717) is 12.2 Å².